The van der Waals surface area contributed by atoms with E-state index in [9.17, 15) is 0 Å². The third-order valence-corrected chi connectivity index (χ3v) is 3.25. The summed E-state index contributed by atoms with van der Waals surface area (Å²) in [6.07, 6.45) is 3.39. The highest BCUT2D eigenvalue weighted by atomic mass is 14.0. The second kappa shape index (κ2) is 8.53. The van der Waals surface area contributed by atoms with Gasteiger partial charge in [-0.1, -0.05) is 74.9 Å². The summed E-state index contributed by atoms with van der Waals surface area (Å²) < 4.78 is 0. The molecule has 0 aliphatic rings. The first-order chi connectivity index (χ1) is 9.28. The Hall–Kier alpha value is -1.56. The maximum absolute atomic E-state index is 2.26. The third kappa shape index (κ3) is 5.30. The van der Waals surface area contributed by atoms with E-state index >= 15 is 0 Å². The van der Waals surface area contributed by atoms with E-state index in [1.807, 2.05) is 13.8 Å². The summed E-state index contributed by atoms with van der Waals surface area (Å²) in [7, 11) is 0. The SMILES string of the molecule is CC.CCc1ccc(CCc2ccc(C)cc2)cc1. The van der Waals surface area contributed by atoms with E-state index in [2.05, 4.69) is 62.4 Å². The van der Waals surface area contributed by atoms with Crippen molar-refractivity contribution in [2.75, 3.05) is 0 Å². The monoisotopic (exact) mass is 254 g/mol. The smallest absolute Gasteiger partial charge is 0.0238 e. The first-order valence-corrected chi connectivity index (χ1v) is 7.41. The first-order valence-electron chi connectivity index (χ1n) is 7.41. The molecule has 0 saturated heterocycles. The Morgan fingerprint density at radius 1 is 0.632 bits per heavy atom. The van der Waals surface area contributed by atoms with E-state index in [1.165, 1.54) is 22.3 Å². The Kier molecular flexibility index (Phi) is 6.95. The number of benzene rings is 2. The molecule has 102 valence electrons. The minimum absolute atomic E-state index is 1.12. The molecule has 0 nitrogen and oxygen atoms in total. The number of aryl methyl sites for hydroxylation is 4. The lowest BCUT2D eigenvalue weighted by atomic mass is 10.0. The summed E-state index contributed by atoms with van der Waals surface area (Å²) in [4.78, 5) is 0. The highest BCUT2D eigenvalue weighted by Gasteiger charge is 1.96. The van der Waals surface area contributed by atoms with Crippen molar-refractivity contribution >= 4 is 0 Å². The molecular weight excluding hydrogens is 228 g/mol. The van der Waals surface area contributed by atoms with Gasteiger partial charge in [0.25, 0.3) is 0 Å². The molecule has 0 N–H and O–H groups in total. The molecule has 0 radical (unpaired) electrons. The third-order valence-electron chi connectivity index (χ3n) is 3.25. The van der Waals surface area contributed by atoms with Gasteiger partial charge in [-0.05, 0) is 42.9 Å². The highest BCUT2D eigenvalue weighted by molar-refractivity contribution is 5.25. The van der Waals surface area contributed by atoms with Crippen LogP contribution in [-0.2, 0) is 19.3 Å². The van der Waals surface area contributed by atoms with Gasteiger partial charge in [-0.2, -0.15) is 0 Å². The van der Waals surface area contributed by atoms with Crippen LogP contribution in [0.15, 0.2) is 48.5 Å². The second-order valence-electron chi connectivity index (χ2n) is 4.66. The predicted octanol–water partition coefficient (Wildman–Crippen LogP) is 5.37. The van der Waals surface area contributed by atoms with Crippen LogP contribution in [0.1, 0.15) is 43.0 Å². The molecule has 0 heterocycles. The average Bonchev–Trinajstić information content (AvgIpc) is 2.49. The van der Waals surface area contributed by atoms with Crippen molar-refractivity contribution in [2.24, 2.45) is 0 Å². The van der Waals surface area contributed by atoms with Crippen molar-refractivity contribution in [3.8, 4) is 0 Å². The van der Waals surface area contributed by atoms with Gasteiger partial charge in [-0.25, -0.2) is 0 Å². The quantitative estimate of drug-likeness (QED) is 0.688. The summed E-state index contributed by atoms with van der Waals surface area (Å²) in [6.45, 7) is 8.33. The normalized spacial score (nSPS) is 9.68. The van der Waals surface area contributed by atoms with E-state index in [0.29, 0.717) is 0 Å². The van der Waals surface area contributed by atoms with E-state index < -0.39 is 0 Å². The molecule has 0 bridgehead atoms. The van der Waals surface area contributed by atoms with Crippen LogP contribution in [0.3, 0.4) is 0 Å². The molecule has 0 aliphatic heterocycles. The van der Waals surface area contributed by atoms with E-state index in [4.69, 9.17) is 0 Å². The average molecular weight is 254 g/mol. The van der Waals surface area contributed by atoms with Gasteiger partial charge in [0, 0.05) is 0 Å². The molecule has 0 heteroatoms. The highest BCUT2D eigenvalue weighted by Crippen LogP contribution is 2.10. The summed E-state index contributed by atoms with van der Waals surface area (Å²) in [6, 6.07) is 17.8. The van der Waals surface area contributed by atoms with Crippen molar-refractivity contribution in [3.05, 3.63) is 70.8 Å². The van der Waals surface area contributed by atoms with Crippen LogP contribution in [0, 0.1) is 6.92 Å². The molecular formula is C19H26. The minimum atomic E-state index is 1.12. The molecule has 0 saturated carbocycles. The molecule has 0 atom stereocenters. The fourth-order valence-electron chi connectivity index (χ4n) is 1.99. The number of hydrogen-bond acceptors (Lipinski definition) is 0. The van der Waals surface area contributed by atoms with Gasteiger partial charge < -0.3 is 0 Å². The summed E-state index contributed by atoms with van der Waals surface area (Å²) in [5.41, 5.74) is 5.61. The van der Waals surface area contributed by atoms with Crippen molar-refractivity contribution in [3.63, 3.8) is 0 Å². The van der Waals surface area contributed by atoms with Crippen LogP contribution < -0.4 is 0 Å². The second-order valence-corrected chi connectivity index (χ2v) is 4.66. The Morgan fingerprint density at radius 3 is 1.42 bits per heavy atom. The van der Waals surface area contributed by atoms with E-state index in [1.54, 1.807) is 0 Å². The van der Waals surface area contributed by atoms with Crippen LogP contribution in [0.2, 0.25) is 0 Å². The number of hydrogen-bond donors (Lipinski definition) is 0. The van der Waals surface area contributed by atoms with Gasteiger partial charge in [-0.3, -0.25) is 0 Å². The van der Waals surface area contributed by atoms with Crippen LogP contribution >= 0.6 is 0 Å². The minimum Gasteiger partial charge on any atom is -0.0683 e. The Bertz CT molecular complexity index is 448. The molecule has 0 aliphatic carbocycles. The standard InChI is InChI=1S/C17H20.C2H6/c1-3-15-8-10-17(11-9-15)13-12-16-6-4-14(2)5-7-16;1-2/h4-11H,3,12-13H2,1-2H3;1-2H3. The molecule has 2 rings (SSSR count). The van der Waals surface area contributed by atoms with Gasteiger partial charge in [0.15, 0.2) is 0 Å². The Balaban J connectivity index is 0.000000861. The maximum atomic E-state index is 2.26. The first kappa shape index (κ1) is 15.5. The maximum Gasteiger partial charge on any atom is -0.0238 e. The topological polar surface area (TPSA) is 0 Å². The van der Waals surface area contributed by atoms with Gasteiger partial charge in [0.05, 0.1) is 0 Å². The Labute approximate surface area is 118 Å². The lowest BCUT2D eigenvalue weighted by molar-refractivity contribution is 0.956. The van der Waals surface area contributed by atoms with Crippen molar-refractivity contribution in [2.45, 2.75) is 47.0 Å². The van der Waals surface area contributed by atoms with Gasteiger partial charge in [0.2, 0.25) is 0 Å². The summed E-state index contributed by atoms with van der Waals surface area (Å²) >= 11 is 0. The van der Waals surface area contributed by atoms with E-state index in [0.717, 1.165) is 19.3 Å². The van der Waals surface area contributed by atoms with Gasteiger partial charge in [-0.15, -0.1) is 0 Å². The molecule has 2 aromatic carbocycles. The van der Waals surface area contributed by atoms with Gasteiger partial charge >= 0.3 is 0 Å². The van der Waals surface area contributed by atoms with E-state index in [-0.39, 0.29) is 0 Å². The fourth-order valence-corrected chi connectivity index (χ4v) is 1.99. The van der Waals surface area contributed by atoms with Crippen LogP contribution in [0.4, 0.5) is 0 Å². The summed E-state index contributed by atoms with van der Waals surface area (Å²) in [5, 5.41) is 0. The lowest BCUT2D eigenvalue weighted by Gasteiger charge is -2.04. The van der Waals surface area contributed by atoms with Crippen LogP contribution in [-0.4, -0.2) is 0 Å². The molecule has 0 amide bonds. The molecule has 19 heavy (non-hydrogen) atoms. The zero-order valence-corrected chi connectivity index (χ0v) is 12.7. The van der Waals surface area contributed by atoms with Crippen molar-refractivity contribution in [1.82, 2.24) is 0 Å². The van der Waals surface area contributed by atoms with Crippen LogP contribution in [0.25, 0.3) is 0 Å². The molecule has 0 aromatic heterocycles. The van der Waals surface area contributed by atoms with Crippen molar-refractivity contribution in [1.29, 1.82) is 0 Å². The Morgan fingerprint density at radius 2 is 1.00 bits per heavy atom. The lowest BCUT2D eigenvalue weighted by Crippen LogP contribution is -1.92. The molecule has 0 fully saturated rings. The predicted molar refractivity (Wildman–Crippen MR) is 85.8 cm³/mol. The molecule has 2 aromatic rings. The van der Waals surface area contributed by atoms with Gasteiger partial charge in [0.1, 0.15) is 0 Å². The zero-order valence-electron chi connectivity index (χ0n) is 12.7. The summed E-state index contributed by atoms with van der Waals surface area (Å²) in [5.74, 6) is 0. The van der Waals surface area contributed by atoms with Crippen LogP contribution in [0.5, 0.6) is 0 Å². The fraction of sp³-hybridized carbons (Fsp3) is 0.368. The molecule has 0 unspecified atom stereocenters. The zero-order chi connectivity index (χ0) is 14.1. The molecule has 0 spiro atoms. The van der Waals surface area contributed by atoms with Crippen molar-refractivity contribution < 1.29 is 0 Å². The largest absolute Gasteiger partial charge is 0.0683 e. The number of rotatable bonds is 4.